The first-order valence-electron chi connectivity index (χ1n) is 4.92. The van der Waals surface area contributed by atoms with E-state index in [1.54, 1.807) is 23.6 Å². The normalized spacial score (nSPS) is 10.4. The van der Waals surface area contributed by atoms with Crippen molar-refractivity contribution in [2.45, 2.75) is 13.1 Å². The first-order chi connectivity index (χ1) is 8.15. The molecule has 5 nitrogen and oxygen atoms in total. The molecule has 2 aromatic rings. The van der Waals surface area contributed by atoms with Crippen molar-refractivity contribution in [1.29, 1.82) is 0 Å². The van der Waals surface area contributed by atoms with E-state index in [-0.39, 0.29) is 12.5 Å². The molecule has 0 spiro atoms. The molecule has 0 unspecified atom stereocenters. The second kappa shape index (κ2) is 5.33. The molecule has 0 fully saturated rings. The van der Waals surface area contributed by atoms with E-state index in [0.717, 1.165) is 9.35 Å². The van der Waals surface area contributed by atoms with E-state index in [9.17, 15) is 4.79 Å². The summed E-state index contributed by atoms with van der Waals surface area (Å²) in [6.45, 7) is 0.702. The number of hydrogen-bond donors (Lipinski definition) is 2. The van der Waals surface area contributed by atoms with Crippen LogP contribution in [-0.4, -0.2) is 15.7 Å². The van der Waals surface area contributed by atoms with Crippen molar-refractivity contribution in [3.63, 3.8) is 0 Å². The molecule has 1 amide bonds. The van der Waals surface area contributed by atoms with Gasteiger partial charge in [0.1, 0.15) is 12.4 Å². The summed E-state index contributed by atoms with van der Waals surface area (Å²) in [7, 11) is 0. The Kier molecular flexibility index (Phi) is 3.80. The van der Waals surface area contributed by atoms with Gasteiger partial charge < -0.3 is 11.1 Å². The van der Waals surface area contributed by atoms with Crippen LogP contribution >= 0.6 is 27.3 Å². The van der Waals surface area contributed by atoms with Gasteiger partial charge in [0.05, 0.1) is 6.54 Å². The largest absolute Gasteiger partial charge is 0.382 e. The van der Waals surface area contributed by atoms with Gasteiger partial charge in [-0.25, -0.2) is 0 Å². The average molecular weight is 315 g/mol. The molecule has 0 saturated heterocycles. The molecule has 3 N–H and O–H groups in total. The van der Waals surface area contributed by atoms with Crippen molar-refractivity contribution >= 4 is 39.0 Å². The third-order valence-electron chi connectivity index (χ3n) is 2.10. The zero-order chi connectivity index (χ0) is 12.3. The van der Waals surface area contributed by atoms with E-state index in [4.69, 9.17) is 5.73 Å². The zero-order valence-electron chi connectivity index (χ0n) is 8.89. The van der Waals surface area contributed by atoms with Crippen LogP contribution in [0.2, 0.25) is 0 Å². The van der Waals surface area contributed by atoms with Crippen molar-refractivity contribution in [3.8, 4) is 0 Å². The summed E-state index contributed by atoms with van der Waals surface area (Å²) in [6.07, 6.45) is 1.68. The number of carbonyl (C=O) groups excluding carboxylic acids is 1. The number of amides is 1. The molecule has 0 saturated carbocycles. The maximum atomic E-state index is 11.6. The molecule has 0 atom stereocenters. The quantitative estimate of drug-likeness (QED) is 0.900. The monoisotopic (exact) mass is 314 g/mol. The summed E-state index contributed by atoms with van der Waals surface area (Å²) in [6, 6.07) is 3.61. The van der Waals surface area contributed by atoms with Crippen molar-refractivity contribution in [1.82, 2.24) is 15.1 Å². The lowest BCUT2D eigenvalue weighted by atomic mass is 10.4. The molecule has 17 heavy (non-hydrogen) atoms. The Morgan fingerprint density at radius 2 is 2.41 bits per heavy atom. The number of hydrogen-bond acceptors (Lipinski definition) is 4. The minimum absolute atomic E-state index is 0.0894. The number of nitrogen functional groups attached to an aromatic ring is 1. The highest BCUT2D eigenvalue weighted by atomic mass is 79.9. The lowest BCUT2D eigenvalue weighted by Crippen LogP contribution is -2.27. The molecule has 0 aliphatic rings. The lowest BCUT2D eigenvalue weighted by molar-refractivity contribution is -0.122. The lowest BCUT2D eigenvalue weighted by Gasteiger charge is -2.04. The van der Waals surface area contributed by atoms with E-state index in [1.807, 2.05) is 11.4 Å². The predicted octanol–water partition coefficient (Wildman–Crippen LogP) is 1.61. The van der Waals surface area contributed by atoms with Gasteiger partial charge in [-0.15, -0.1) is 11.3 Å². The van der Waals surface area contributed by atoms with Gasteiger partial charge in [0.25, 0.3) is 0 Å². The fourth-order valence-corrected chi connectivity index (χ4v) is 2.73. The minimum atomic E-state index is -0.0894. The molecule has 90 valence electrons. The second-order valence-corrected chi connectivity index (χ2v) is 5.26. The Bertz CT molecular complexity index is 522. The maximum absolute atomic E-state index is 11.6. The molecule has 0 aliphatic heterocycles. The fraction of sp³-hybridized carbons (Fsp3) is 0.200. The summed E-state index contributed by atoms with van der Waals surface area (Å²) < 4.78 is 2.53. The van der Waals surface area contributed by atoms with Crippen molar-refractivity contribution in [2.75, 3.05) is 5.73 Å². The molecule has 0 aliphatic carbocycles. The van der Waals surface area contributed by atoms with E-state index >= 15 is 0 Å². The van der Waals surface area contributed by atoms with Crippen LogP contribution in [0.15, 0.2) is 28.2 Å². The predicted molar refractivity (Wildman–Crippen MR) is 70.5 cm³/mol. The topological polar surface area (TPSA) is 72.9 Å². The van der Waals surface area contributed by atoms with Gasteiger partial charge in [-0.3, -0.25) is 9.48 Å². The van der Waals surface area contributed by atoms with E-state index in [0.29, 0.717) is 12.4 Å². The smallest absolute Gasteiger partial charge is 0.242 e. The fourth-order valence-electron chi connectivity index (χ4n) is 1.30. The summed E-state index contributed by atoms with van der Waals surface area (Å²) >= 11 is 5.01. The van der Waals surface area contributed by atoms with Crippen LogP contribution in [-0.2, 0) is 17.9 Å². The highest BCUT2D eigenvalue weighted by Crippen LogP contribution is 2.21. The van der Waals surface area contributed by atoms with Gasteiger partial charge >= 0.3 is 0 Å². The van der Waals surface area contributed by atoms with Crippen molar-refractivity contribution in [3.05, 3.63) is 33.1 Å². The van der Waals surface area contributed by atoms with Crippen molar-refractivity contribution < 1.29 is 4.79 Å². The molecule has 0 bridgehead atoms. The highest BCUT2D eigenvalue weighted by molar-refractivity contribution is 9.10. The van der Waals surface area contributed by atoms with Crippen LogP contribution in [0, 0.1) is 0 Å². The van der Waals surface area contributed by atoms with Gasteiger partial charge in [0.15, 0.2) is 0 Å². The van der Waals surface area contributed by atoms with Crippen LogP contribution < -0.4 is 11.1 Å². The Hall–Kier alpha value is -1.34. The van der Waals surface area contributed by atoms with Crippen LogP contribution in [0.5, 0.6) is 0 Å². The molecule has 2 heterocycles. The number of nitrogens with two attached hydrogens (primary N) is 1. The van der Waals surface area contributed by atoms with Gasteiger partial charge in [-0.05, 0) is 33.4 Å². The number of anilines is 1. The highest BCUT2D eigenvalue weighted by Gasteiger charge is 2.06. The van der Waals surface area contributed by atoms with Gasteiger partial charge in [0, 0.05) is 15.5 Å². The Morgan fingerprint density at radius 3 is 3.00 bits per heavy atom. The molecule has 0 radical (unpaired) electrons. The Morgan fingerprint density at radius 1 is 1.59 bits per heavy atom. The third kappa shape index (κ3) is 3.31. The second-order valence-electron chi connectivity index (χ2n) is 3.41. The molecular formula is C10H11BrN4OS. The number of halogens is 1. The van der Waals surface area contributed by atoms with Crippen LogP contribution in [0.1, 0.15) is 4.88 Å². The molecular weight excluding hydrogens is 304 g/mol. The van der Waals surface area contributed by atoms with E-state index < -0.39 is 0 Å². The number of carbonyl (C=O) groups is 1. The summed E-state index contributed by atoms with van der Waals surface area (Å²) in [5, 5.41) is 8.74. The van der Waals surface area contributed by atoms with Gasteiger partial charge in [-0.2, -0.15) is 5.10 Å². The standard InChI is InChI=1S/C10H11BrN4OS/c11-7-2-4-17-8(7)5-13-10(16)6-15-3-1-9(12)14-15/h1-4H,5-6H2,(H2,12,14)(H,13,16). The molecule has 0 aromatic carbocycles. The first-order valence-corrected chi connectivity index (χ1v) is 6.60. The summed E-state index contributed by atoms with van der Waals surface area (Å²) in [5.41, 5.74) is 5.46. The van der Waals surface area contributed by atoms with Crippen LogP contribution in [0.25, 0.3) is 0 Å². The van der Waals surface area contributed by atoms with Crippen LogP contribution in [0.4, 0.5) is 5.82 Å². The van der Waals surface area contributed by atoms with Crippen LogP contribution in [0.3, 0.4) is 0 Å². The third-order valence-corrected chi connectivity index (χ3v) is 4.03. The average Bonchev–Trinajstić information content (AvgIpc) is 2.85. The van der Waals surface area contributed by atoms with E-state index in [1.165, 1.54) is 4.68 Å². The molecule has 2 aromatic heterocycles. The van der Waals surface area contributed by atoms with E-state index in [2.05, 4.69) is 26.3 Å². The molecule has 2 rings (SSSR count). The first kappa shape index (κ1) is 12.1. The van der Waals surface area contributed by atoms with Crippen molar-refractivity contribution in [2.24, 2.45) is 0 Å². The number of nitrogens with zero attached hydrogens (tertiary/aromatic N) is 2. The Balaban J connectivity index is 1.84. The van der Waals surface area contributed by atoms with Gasteiger partial charge in [-0.1, -0.05) is 0 Å². The Labute approximate surface area is 111 Å². The zero-order valence-corrected chi connectivity index (χ0v) is 11.3. The maximum Gasteiger partial charge on any atom is 0.242 e. The minimum Gasteiger partial charge on any atom is -0.382 e. The number of aromatic nitrogens is 2. The number of thiophene rings is 1. The number of rotatable bonds is 4. The number of nitrogens with one attached hydrogen (secondary N) is 1. The SMILES string of the molecule is Nc1ccn(CC(=O)NCc2sccc2Br)n1. The summed E-state index contributed by atoms with van der Waals surface area (Å²) in [5.74, 6) is 0.326. The molecule has 7 heteroatoms. The van der Waals surface area contributed by atoms with Gasteiger partial charge in [0.2, 0.25) is 5.91 Å². The summed E-state index contributed by atoms with van der Waals surface area (Å²) in [4.78, 5) is 12.7.